The fraction of sp³-hybridized carbons (Fsp3) is 0.455. The number of aromatic nitrogens is 1. The number of rotatable bonds is 3. The number of ether oxygens (including phenoxy) is 1. The number of nitrogens with zero attached hydrogens (tertiary/aromatic N) is 1. The molecule has 1 aromatic heterocycles. The van der Waals surface area contributed by atoms with Crippen molar-refractivity contribution in [3.63, 3.8) is 0 Å². The van der Waals surface area contributed by atoms with E-state index in [1.165, 1.54) is 12.0 Å². The third-order valence-corrected chi connectivity index (χ3v) is 3.48. The molecule has 0 radical (unpaired) electrons. The van der Waals surface area contributed by atoms with Crippen LogP contribution in [-0.2, 0) is 9.53 Å². The zero-order valence-electron chi connectivity index (χ0n) is 9.72. The van der Waals surface area contributed by atoms with E-state index in [0.717, 1.165) is 4.47 Å². The number of amides is 1. The summed E-state index contributed by atoms with van der Waals surface area (Å²) in [6, 6.07) is 0.797. The molecule has 0 aliphatic carbocycles. The van der Waals surface area contributed by atoms with Crippen LogP contribution in [0.25, 0.3) is 0 Å². The van der Waals surface area contributed by atoms with Gasteiger partial charge >= 0.3 is 5.97 Å². The highest BCUT2D eigenvalue weighted by Gasteiger charge is 2.40. The van der Waals surface area contributed by atoms with E-state index in [4.69, 9.17) is 9.84 Å². The second-order valence-electron chi connectivity index (χ2n) is 4.14. The lowest BCUT2D eigenvalue weighted by Gasteiger charge is -2.20. The Hall–Kier alpha value is -1.34. The Labute approximate surface area is 112 Å². The predicted molar refractivity (Wildman–Crippen MR) is 66.4 cm³/mol. The number of aliphatic carboxylic acids is 1. The molecule has 1 aromatic rings. The zero-order valence-corrected chi connectivity index (χ0v) is 11.3. The second kappa shape index (κ2) is 5.11. The number of likely N-dealkylation sites (tertiary alicyclic amines) is 1. The fourth-order valence-electron chi connectivity index (χ4n) is 2.07. The first-order chi connectivity index (χ1) is 8.52. The van der Waals surface area contributed by atoms with Crippen molar-refractivity contribution in [2.75, 3.05) is 13.7 Å². The van der Waals surface area contributed by atoms with Crippen molar-refractivity contribution < 1.29 is 19.4 Å². The van der Waals surface area contributed by atoms with Crippen molar-refractivity contribution in [3.8, 4) is 0 Å². The number of methoxy groups -OCH3 is 1. The maximum atomic E-state index is 12.2. The molecule has 1 amide bonds. The van der Waals surface area contributed by atoms with Gasteiger partial charge in [0.25, 0.3) is 5.91 Å². The minimum Gasteiger partial charge on any atom is -0.480 e. The summed E-state index contributed by atoms with van der Waals surface area (Å²) in [7, 11) is 1.52. The predicted octanol–water partition coefficient (Wildman–Crippen LogP) is 1.09. The summed E-state index contributed by atoms with van der Waals surface area (Å²) >= 11 is 3.24. The number of carbonyl (C=O) groups excluding carboxylic acids is 1. The molecule has 2 N–H and O–H groups in total. The maximum absolute atomic E-state index is 12.2. The summed E-state index contributed by atoms with van der Waals surface area (Å²) in [5.74, 6) is -1.33. The number of carboxylic acids is 1. The molecule has 2 rings (SSSR count). The van der Waals surface area contributed by atoms with Gasteiger partial charge in [-0.05, 0) is 22.0 Å². The normalized spacial score (nSPS) is 23.3. The monoisotopic (exact) mass is 316 g/mol. The second-order valence-corrected chi connectivity index (χ2v) is 5.05. The summed E-state index contributed by atoms with van der Waals surface area (Å²) in [4.78, 5) is 27.5. The first-order valence-corrected chi connectivity index (χ1v) is 6.22. The van der Waals surface area contributed by atoms with Crippen LogP contribution in [0.5, 0.6) is 0 Å². The number of hydrogen-bond acceptors (Lipinski definition) is 3. The third kappa shape index (κ3) is 2.41. The van der Waals surface area contributed by atoms with Crippen molar-refractivity contribution in [2.45, 2.75) is 18.6 Å². The van der Waals surface area contributed by atoms with E-state index in [0.29, 0.717) is 18.7 Å². The van der Waals surface area contributed by atoms with Gasteiger partial charge in [-0.2, -0.15) is 0 Å². The first-order valence-electron chi connectivity index (χ1n) is 5.43. The number of H-pyrrole nitrogens is 1. The molecule has 1 fully saturated rings. The number of carbonyl (C=O) groups is 2. The van der Waals surface area contributed by atoms with E-state index in [1.54, 1.807) is 12.3 Å². The quantitative estimate of drug-likeness (QED) is 0.874. The van der Waals surface area contributed by atoms with Crippen LogP contribution in [-0.4, -0.2) is 52.7 Å². The van der Waals surface area contributed by atoms with Crippen LogP contribution in [0.1, 0.15) is 16.9 Å². The van der Waals surface area contributed by atoms with Gasteiger partial charge in [0.1, 0.15) is 11.7 Å². The molecule has 1 saturated heterocycles. The molecule has 98 valence electrons. The standard InChI is InChI=1S/C11H13BrN2O4/c1-18-7-3-9(11(16)17)14(5-7)10(15)8-2-6(12)4-13-8/h2,4,7,9,13H,3,5H2,1H3,(H,16,17). The van der Waals surface area contributed by atoms with Gasteiger partial charge in [-0.25, -0.2) is 4.79 Å². The van der Waals surface area contributed by atoms with E-state index < -0.39 is 12.0 Å². The van der Waals surface area contributed by atoms with Crippen molar-refractivity contribution in [1.82, 2.24) is 9.88 Å². The van der Waals surface area contributed by atoms with E-state index >= 15 is 0 Å². The number of halogens is 1. The molecule has 1 aliphatic rings. The number of hydrogen-bond donors (Lipinski definition) is 2. The molecule has 0 saturated carbocycles. The van der Waals surface area contributed by atoms with Gasteiger partial charge in [0.2, 0.25) is 0 Å². The van der Waals surface area contributed by atoms with Crippen molar-refractivity contribution >= 4 is 27.8 Å². The molecule has 0 aromatic carbocycles. The summed E-state index contributed by atoms with van der Waals surface area (Å²) in [5, 5.41) is 9.13. The van der Waals surface area contributed by atoms with E-state index in [-0.39, 0.29) is 12.0 Å². The molecule has 2 atom stereocenters. The van der Waals surface area contributed by atoms with E-state index in [9.17, 15) is 9.59 Å². The third-order valence-electron chi connectivity index (χ3n) is 3.02. The Morgan fingerprint density at radius 2 is 2.33 bits per heavy atom. The minimum absolute atomic E-state index is 0.228. The lowest BCUT2D eigenvalue weighted by atomic mass is 10.2. The van der Waals surface area contributed by atoms with Crippen LogP contribution in [0, 0.1) is 0 Å². The Bertz CT molecular complexity index is 473. The van der Waals surface area contributed by atoms with Gasteiger partial charge in [-0.15, -0.1) is 0 Å². The molecule has 1 aliphatic heterocycles. The van der Waals surface area contributed by atoms with Gasteiger partial charge in [0, 0.05) is 30.7 Å². The summed E-state index contributed by atoms with van der Waals surface area (Å²) < 4.78 is 5.89. The molecule has 7 heteroatoms. The van der Waals surface area contributed by atoms with Gasteiger partial charge in [0.05, 0.1) is 6.10 Å². The van der Waals surface area contributed by atoms with E-state index in [1.807, 2.05) is 0 Å². The van der Waals surface area contributed by atoms with Crippen LogP contribution in [0.4, 0.5) is 0 Å². The highest BCUT2D eigenvalue weighted by Crippen LogP contribution is 2.23. The first kappa shape index (κ1) is 13.1. The topological polar surface area (TPSA) is 82.6 Å². The summed E-state index contributed by atoms with van der Waals surface area (Å²) in [5.41, 5.74) is 0.366. The highest BCUT2D eigenvalue weighted by molar-refractivity contribution is 9.10. The van der Waals surface area contributed by atoms with Gasteiger partial charge in [-0.3, -0.25) is 4.79 Å². The van der Waals surface area contributed by atoms with Crippen molar-refractivity contribution in [1.29, 1.82) is 0 Å². The fourth-order valence-corrected chi connectivity index (χ4v) is 2.42. The largest absolute Gasteiger partial charge is 0.480 e. The number of nitrogens with one attached hydrogen (secondary N) is 1. The van der Waals surface area contributed by atoms with Crippen LogP contribution in [0.15, 0.2) is 16.7 Å². The lowest BCUT2D eigenvalue weighted by molar-refractivity contribution is -0.141. The number of aromatic amines is 1. The van der Waals surface area contributed by atoms with Gasteiger partial charge < -0.3 is 19.7 Å². The van der Waals surface area contributed by atoms with Gasteiger partial charge in [0.15, 0.2) is 0 Å². The molecular weight excluding hydrogens is 304 g/mol. The summed E-state index contributed by atoms with van der Waals surface area (Å²) in [6.45, 7) is 0.295. The molecule has 0 spiro atoms. The Morgan fingerprint density at radius 1 is 1.61 bits per heavy atom. The summed E-state index contributed by atoms with van der Waals surface area (Å²) in [6.07, 6.45) is 1.72. The highest BCUT2D eigenvalue weighted by atomic mass is 79.9. The van der Waals surface area contributed by atoms with Crippen LogP contribution >= 0.6 is 15.9 Å². The maximum Gasteiger partial charge on any atom is 0.326 e. The minimum atomic E-state index is -1.01. The average Bonchev–Trinajstić information content (AvgIpc) is 2.93. The number of carboxylic acid groups (broad SMARTS) is 1. The van der Waals surface area contributed by atoms with Crippen LogP contribution in [0.2, 0.25) is 0 Å². The Morgan fingerprint density at radius 3 is 2.83 bits per heavy atom. The van der Waals surface area contributed by atoms with Gasteiger partial charge in [-0.1, -0.05) is 0 Å². The SMILES string of the molecule is COC1CC(C(=O)O)N(C(=O)c2cc(Br)c[nH]2)C1. The molecule has 2 heterocycles. The Kier molecular flexibility index (Phi) is 3.72. The van der Waals surface area contributed by atoms with Crippen LogP contribution in [0.3, 0.4) is 0 Å². The van der Waals surface area contributed by atoms with Crippen molar-refractivity contribution in [2.24, 2.45) is 0 Å². The zero-order chi connectivity index (χ0) is 13.3. The Balaban J connectivity index is 2.20. The molecule has 6 nitrogen and oxygen atoms in total. The molecule has 2 unspecified atom stereocenters. The average molecular weight is 317 g/mol. The van der Waals surface area contributed by atoms with Crippen LogP contribution < -0.4 is 0 Å². The molecule has 18 heavy (non-hydrogen) atoms. The molecular formula is C11H13BrN2O4. The molecule has 0 bridgehead atoms. The lowest BCUT2D eigenvalue weighted by Crippen LogP contribution is -2.40. The van der Waals surface area contributed by atoms with E-state index in [2.05, 4.69) is 20.9 Å². The van der Waals surface area contributed by atoms with Crippen molar-refractivity contribution in [3.05, 3.63) is 22.4 Å². The smallest absolute Gasteiger partial charge is 0.326 e.